The van der Waals surface area contributed by atoms with Gasteiger partial charge in [-0.05, 0) is 67.1 Å². The highest BCUT2D eigenvalue weighted by Crippen LogP contribution is 2.37. The number of imide groups is 1. The zero-order chi connectivity index (χ0) is 24.1. The standard InChI is InChI=1S/C27H28FN3O4/c28-19-4-1-3-16(11-19)18-13-30(14-18)22-5-2-6-24(22)35-20-7-8-21-17(12-20)15-31(27(21)34)23-9-10-25(32)29-26(23)33/h1,3-4,7-8,11-12,18,22-24H,2,5-6,9-10,13-15H2,(H,29,32,33)/t22-,23?,24-/m0/s1. The summed E-state index contributed by atoms with van der Waals surface area (Å²) < 4.78 is 20.0. The third kappa shape index (κ3) is 4.10. The third-order valence-electron chi connectivity index (χ3n) is 7.90. The van der Waals surface area contributed by atoms with E-state index in [1.807, 2.05) is 18.2 Å². The van der Waals surface area contributed by atoms with Crippen molar-refractivity contribution < 1.29 is 23.5 Å². The predicted octanol–water partition coefficient (Wildman–Crippen LogP) is 2.99. The molecule has 2 aromatic carbocycles. The van der Waals surface area contributed by atoms with Crippen molar-refractivity contribution in [3.05, 3.63) is 65.0 Å². The van der Waals surface area contributed by atoms with Gasteiger partial charge in [0.2, 0.25) is 11.8 Å². The van der Waals surface area contributed by atoms with E-state index in [0.717, 1.165) is 49.2 Å². The summed E-state index contributed by atoms with van der Waals surface area (Å²) in [4.78, 5) is 40.7. The number of nitrogens with one attached hydrogen (secondary N) is 1. The van der Waals surface area contributed by atoms with Crippen molar-refractivity contribution in [2.75, 3.05) is 13.1 Å². The number of hydrogen-bond donors (Lipinski definition) is 1. The smallest absolute Gasteiger partial charge is 0.255 e. The SMILES string of the molecule is O=C1CCC(N2Cc3cc(O[C@H]4CCC[C@@H]4N4CC(c5cccc(F)c5)C4)ccc3C2=O)C(=O)N1. The van der Waals surface area contributed by atoms with Crippen molar-refractivity contribution >= 4 is 17.7 Å². The molecule has 7 nitrogen and oxygen atoms in total. The second-order valence-electron chi connectivity index (χ2n) is 10.1. The molecule has 182 valence electrons. The molecular formula is C27H28FN3O4. The topological polar surface area (TPSA) is 79.0 Å². The Morgan fingerprint density at radius 1 is 1.00 bits per heavy atom. The van der Waals surface area contributed by atoms with Gasteiger partial charge in [-0.15, -0.1) is 0 Å². The van der Waals surface area contributed by atoms with E-state index in [0.29, 0.717) is 30.5 Å². The molecule has 2 aromatic rings. The van der Waals surface area contributed by atoms with Gasteiger partial charge in [-0.2, -0.15) is 0 Å². The van der Waals surface area contributed by atoms with E-state index < -0.39 is 11.9 Å². The Labute approximate surface area is 203 Å². The fourth-order valence-corrected chi connectivity index (χ4v) is 6.02. The second kappa shape index (κ2) is 8.75. The molecule has 3 heterocycles. The Kier molecular flexibility index (Phi) is 5.56. The average molecular weight is 478 g/mol. The average Bonchev–Trinajstić information content (AvgIpc) is 3.37. The van der Waals surface area contributed by atoms with Crippen LogP contribution in [0.25, 0.3) is 0 Å². The summed E-state index contributed by atoms with van der Waals surface area (Å²) in [5.74, 6) is 0.0375. The van der Waals surface area contributed by atoms with Crippen molar-refractivity contribution in [2.24, 2.45) is 0 Å². The summed E-state index contributed by atoms with van der Waals surface area (Å²) >= 11 is 0. The number of amides is 3. The van der Waals surface area contributed by atoms with Gasteiger partial charge in [-0.3, -0.25) is 24.6 Å². The summed E-state index contributed by atoms with van der Waals surface area (Å²) in [7, 11) is 0. The van der Waals surface area contributed by atoms with Crippen molar-refractivity contribution in [1.82, 2.24) is 15.1 Å². The normalized spacial score (nSPS) is 27.1. The summed E-state index contributed by atoms with van der Waals surface area (Å²) in [6.07, 6.45) is 3.82. The fraction of sp³-hybridized carbons (Fsp3) is 0.444. The molecule has 35 heavy (non-hydrogen) atoms. The van der Waals surface area contributed by atoms with E-state index in [4.69, 9.17) is 4.74 Å². The molecule has 0 spiro atoms. The first-order chi connectivity index (χ1) is 17.0. The van der Waals surface area contributed by atoms with Crippen LogP contribution >= 0.6 is 0 Å². The molecule has 1 saturated carbocycles. The number of carbonyl (C=O) groups is 3. The van der Waals surface area contributed by atoms with Crippen molar-refractivity contribution in [2.45, 2.75) is 62.8 Å². The lowest BCUT2D eigenvalue weighted by molar-refractivity contribution is -0.136. The first-order valence-corrected chi connectivity index (χ1v) is 12.4. The number of nitrogens with zero attached hydrogens (tertiary/aromatic N) is 2. The maximum atomic E-state index is 13.6. The van der Waals surface area contributed by atoms with Crippen molar-refractivity contribution in [1.29, 1.82) is 0 Å². The molecule has 3 atom stereocenters. The van der Waals surface area contributed by atoms with E-state index in [1.165, 1.54) is 6.07 Å². The Morgan fingerprint density at radius 3 is 2.66 bits per heavy atom. The van der Waals surface area contributed by atoms with Gasteiger partial charge in [-0.1, -0.05) is 12.1 Å². The Balaban J connectivity index is 1.10. The lowest BCUT2D eigenvalue weighted by Crippen LogP contribution is -2.54. The van der Waals surface area contributed by atoms with Crippen LogP contribution in [-0.4, -0.2) is 58.8 Å². The van der Waals surface area contributed by atoms with Crippen LogP contribution in [-0.2, 0) is 16.1 Å². The maximum Gasteiger partial charge on any atom is 0.255 e. The van der Waals surface area contributed by atoms with Crippen LogP contribution in [0.2, 0.25) is 0 Å². The van der Waals surface area contributed by atoms with Crippen LogP contribution in [0.3, 0.4) is 0 Å². The van der Waals surface area contributed by atoms with Crippen LogP contribution in [0, 0.1) is 5.82 Å². The molecule has 0 bridgehead atoms. The molecule has 0 aromatic heterocycles. The lowest BCUT2D eigenvalue weighted by atomic mass is 9.89. The minimum Gasteiger partial charge on any atom is -0.489 e. The zero-order valence-corrected chi connectivity index (χ0v) is 19.4. The summed E-state index contributed by atoms with van der Waals surface area (Å²) in [6, 6.07) is 12.1. The van der Waals surface area contributed by atoms with E-state index in [1.54, 1.807) is 23.1 Å². The number of likely N-dealkylation sites (tertiary alicyclic amines) is 1. The van der Waals surface area contributed by atoms with Gasteiger partial charge in [0.1, 0.15) is 23.7 Å². The van der Waals surface area contributed by atoms with E-state index in [9.17, 15) is 18.8 Å². The van der Waals surface area contributed by atoms with Gasteiger partial charge < -0.3 is 9.64 Å². The third-order valence-corrected chi connectivity index (χ3v) is 7.90. The number of benzene rings is 2. The van der Waals surface area contributed by atoms with E-state index >= 15 is 0 Å². The monoisotopic (exact) mass is 477 g/mol. The largest absolute Gasteiger partial charge is 0.489 e. The summed E-state index contributed by atoms with van der Waals surface area (Å²) in [5.41, 5.74) is 2.49. The highest BCUT2D eigenvalue weighted by molar-refractivity contribution is 6.05. The molecule has 1 unspecified atom stereocenters. The van der Waals surface area contributed by atoms with Crippen LogP contribution < -0.4 is 10.1 Å². The number of fused-ring (bicyclic) bond motifs is 1. The lowest BCUT2D eigenvalue weighted by Gasteiger charge is -2.45. The first-order valence-electron chi connectivity index (χ1n) is 12.4. The van der Waals surface area contributed by atoms with Crippen LogP contribution in [0.5, 0.6) is 5.75 Å². The summed E-state index contributed by atoms with van der Waals surface area (Å²) in [5, 5.41) is 2.34. The van der Waals surface area contributed by atoms with E-state index in [-0.39, 0.29) is 30.2 Å². The number of rotatable bonds is 5. The Bertz CT molecular complexity index is 1190. The number of piperidine rings is 1. The summed E-state index contributed by atoms with van der Waals surface area (Å²) in [6.45, 7) is 2.16. The molecule has 1 N–H and O–H groups in total. The molecule has 2 saturated heterocycles. The van der Waals surface area contributed by atoms with Crippen LogP contribution in [0.4, 0.5) is 4.39 Å². The molecule has 8 heteroatoms. The minimum absolute atomic E-state index is 0.0739. The van der Waals surface area contributed by atoms with Crippen LogP contribution in [0.15, 0.2) is 42.5 Å². The molecular weight excluding hydrogens is 449 g/mol. The number of carbonyl (C=O) groups excluding carboxylic acids is 3. The van der Waals surface area contributed by atoms with Gasteiger partial charge in [0.15, 0.2) is 0 Å². The van der Waals surface area contributed by atoms with Crippen LogP contribution in [0.1, 0.15) is 59.5 Å². The maximum absolute atomic E-state index is 13.6. The molecule has 3 fully saturated rings. The molecule has 0 radical (unpaired) electrons. The number of hydrogen-bond acceptors (Lipinski definition) is 5. The van der Waals surface area contributed by atoms with Crippen molar-refractivity contribution in [3.8, 4) is 5.75 Å². The predicted molar refractivity (Wildman–Crippen MR) is 125 cm³/mol. The highest BCUT2D eigenvalue weighted by atomic mass is 19.1. The Hall–Kier alpha value is -3.26. The highest BCUT2D eigenvalue weighted by Gasteiger charge is 2.42. The molecule has 6 rings (SSSR count). The fourth-order valence-electron chi connectivity index (χ4n) is 6.02. The molecule has 3 amide bonds. The zero-order valence-electron chi connectivity index (χ0n) is 19.4. The van der Waals surface area contributed by atoms with Gasteiger partial charge in [-0.25, -0.2) is 4.39 Å². The van der Waals surface area contributed by atoms with E-state index in [2.05, 4.69) is 10.2 Å². The number of halogens is 1. The number of ether oxygens (including phenoxy) is 1. The molecule has 3 aliphatic heterocycles. The minimum atomic E-state index is -0.617. The molecule has 4 aliphatic rings. The first kappa shape index (κ1) is 22.2. The molecule has 1 aliphatic carbocycles. The van der Waals surface area contributed by atoms with Gasteiger partial charge >= 0.3 is 0 Å². The quantitative estimate of drug-likeness (QED) is 0.670. The second-order valence-corrected chi connectivity index (χ2v) is 10.1. The Morgan fingerprint density at radius 2 is 1.86 bits per heavy atom. The van der Waals surface area contributed by atoms with Gasteiger partial charge in [0.05, 0.1) is 0 Å². The van der Waals surface area contributed by atoms with Gasteiger partial charge in [0.25, 0.3) is 5.91 Å². The van der Waals surface area contributed by atoms with Crippen molar-refractivity contribution in [3.63, 3.8) is 0 Å². The van der Waals surface area contributed by atoms with Gasteiger partial charge in [0, 0.05) is 43.6 Å².